The number of hydrogen-bond donors (Lipinski definition) is 3. The molecule has 92 heavy (non-hydrogen) atoms. The minimum atomic E-state index is -4.97. The summed E-state index contributed by atoms with van der Waals surface area (Å²) >= 11 is 0. The summed E-state index contributed by atoms with van der Waals surface area (Å²) in [5.74, 6) is -2.19. The van der Waals surface area contributed by atoms with Crippen molar-refractivity contribution >= 4 is 39.5 Å². The van der Waals surface area contributed by atoms with Gasteiger partial charge in [0.1, 0.15) is 19.3 Å². The van der Waals surface area contributed by atoms with Gasteiger partial charge in [-0.05, 0) is 103 Å². The number of esters is 4. The van der Waals surface area contributed by atoms with Crippen LogP contribution in [-0.2, 0) is 65.4 Å². The fourth-order valence-electron chi connectivity index (χ4n) is 9.86. The zero-order chi connectivity index (χ0) is 67.5. The Labute approximate surface area is 559 Å². The Kier molecular flexibility index (Phi) is 64.0. The van der Waals surface area contributed by atoms with Gasteiger partial charge in [-0.25, -0.2) is 9.13 Å². The number of hydrogen-bond acceptors (Lipinski definition) is 15. The summed E-state index contributed by atoms with van der Waals surface area (Å²) in [5, 5.41) is 10.6. The Balaban J connectivity index is 5.29. The molecule has 0 amide bonds. The number of aliphatic hydroxyl groups excluding tert-OH is 1. The number of phosphoric acid groups is 2. The number of aliphatic hydroxyl groups is 1. The summed E-state index contributed by atoms with van der Waals surface area (Å²) in [6, 6.07) is 0. The molecule has 0 radical (unpaired) electrons. The average Bonchev–Trinajstić information content (AvgIpc) is 2.55. The molecule has 0 aromatic heterocycles. The highest BCUT2D eigenvalue weighted by Gasteiger charge is 2.30. The lowest BCUT2D eigenvalue weighted by molar-refractivity contribution is -0.161. The molecular formula is C73H132O17P2. The first-order chi connectivity index (χ1) is 44.7. The van der Waals surface area contributed by atoms with Crippen molar-refractivity contribution in [2.24, 2.45) is 0 Å². The molecule has 5 unspecified atom stereocenters. The van der Waals surface area contributed by atoms with Crippen molar-refractivity contribution in [3.63, 3.8) is 0 Å². The van der Waals surface area contributed by atoms with Gasteiger partial charge in [-0.3, -0.25) is 37.3 Å². The summed E-state index contributed by atoms with van der Waals surface area (Å²) in [7, 11) is -9.93. The molecule has 0 aliphatic carbocycles. The van der Waals surface area contributed by atoms with Crippen molar-refractivity contribution in [3.05, 3.63) is 60.8 Å². The van der Waals surface area contributed by atoms with E-state index in [1.54, 1.807) is 0 Å². The number of allylic oxidation sites excluding steroid dienone is 10. The zero-order valence-electron chi connectivity index (χ0n) is 58.2. The van der Waals surface area contributed by atoms with Crippen molar-refractivity contribution in [2.75, 3.05) is 39.6 Å². The third-order valence-electron chi connectivity index (χ3n) is 15.5. The maximum atomic E-state index is 13.0. The predicted molar refractivity (Wildman–Crippen MR) is 372 cm³/mol. The number of carbonyl (C=O) groups is 4. The van der Waals surface area contributed by atoms with E-state index in [-0.39, 0.29) is 25.7 Å². The van der Waals surface area contributed by atoms with Crippen LogP contribution in [0.2, 0.25) is 0 Å². The number of rotatable bonds is 69. The standard InChI is InChI=1S/C73H132O17P2/c1-5-9-13-17-21-25-29-31-33-35-39-41-45-49-53-57-70(75)83-63-68(89-72(77)59-55-51-47-43-37-27-23-19-15-11-7-3)65-87-91(79,80)85-61-67(74)62-86-92(81,82)88-66-69(90-73(78)60-56-52-48-44-38-28-24-20-16-12-8-4)64-84-71(76)58-54-50-46-42-40-36-34-32-30-26-22-18-14-10-6-2/h9,13,19,21,23,25,31-34,67-69,74H,5-8,10-12,14-18,20,22,24,26-30,35-66H2,1-4H3,(H,79,80)(H,81,82)/b13-9-,23-19-,25-21-,33-31-,34-32-. The molecular weight excluding hydrogens is 1210 g/mol. The van der Waals surface area contributed by atoms with Gasteiger partial charge in [0.2, 0.25) is 0 Å². The van der Waals surface area contributed by atoms with E-state index in [0.29, 0.717) is 25.7 Å². The highest BCUT2D eigenvalue weighted by atomic mass is 31.2. The molecule has 17 nitrogen and oxygen atoms in total. The molecule has 0 aliphatic rings. The van der Waals surface area contributed by atoms with Crippen LogP contribution >= 0.6 is 15.6 Å². The average molecular weight is 1340 g/mol. The van der Waals surface area contributed by atoms with E-state index in [9.17, 15) is 43.2 Å². The lowest BCUT2D eigenvalue weighted by Crippen LogP contribution is -2.30. The monoisotopic (exact) mass is 1340 g/mol. The SMILES string of the molecule is CC/C=C\C/C=C\C/C=C\CCCCCCCC(=O)OCC(COP(=O)(O)OCC(O)COP(=O)(O)OCC(COC(=O)CCCCCCC/C=C\CCCCCCCC)OC(=O)CCCCCCCCCCCCC)OC(=O)CCCCCCC/C=C\CCCC. The van der Waals surface area contributed by atoms with Gasteiger partial charge in [0.05, 0.1) is 26.4 Å². The Morgan fingerprint density at radius 2 is 0.576 bits per heavy atom. The van der Waals surface area contributed by atoms with Gasteiger partial charge in [0, 0.05) is 25.7 Å². The molecule has 0 rings (SSSR count). The van der Waals surface area contributed by atoms with E-state index < -0.39 is 97.5 Å². The molecule has 19 heteroatoms. The van der Waals surface area contributed by atoms with E-state index in [0.717, 1.165) is 154 Å². The molecule has 5 atom stereocenters. The maximum Gasteiger partial charge on any atom is 0.472 e. The minimum absolute atomic E-state index is 0.0834. The first kappa shape index (κ1) is 88.8. The van der Waals surface area contributed by atoms with Crippen molar-refractivity contribution in [2.45, 2.75) is 341 Å². The molecule has 0 spiro atoms. The summed E-state index contributed by atoms with van der Waals surface area (Å²) < 4.78 is 68.2. The number of carbonyl (C=O) groups excluding carboxylic acids is 4. The highest BCUT2D eigenvalue weighted by Crippen LogP contribution is 2.45. The largest absolute Gasteiger partial charge is 0.472 e. The van der Waals surface area contributed by atoms with E-state index in [1.165, 1.54) is 89.9 Å². The van der Waals surface area contributed by atoms with Crippen molar-refractivity contribution < 1.29 is 80.2 Å². The molecule has 0 aromatic rings. The van der Waals surface area contributed by atoms with Gasteiger partial charge in [0.15, 0.2) is 12.2 Å². The van der Waals surface area contributed by atoms with Crippen LogP contribution in [0.15, 0.2) is 60.8 Å². The third-order valence-corrected chi connectivity index (χ3v) is 17.4. The normalized spacial score (nSPS) is 14.4. The first-order valence-electron chi connectivity index (χ1n) is 36.5. The van der Waals surface area contributed by atoms with Gasteiger partial charge in [-0.15, -0.1) is 0 Å². The molecule has 0 aromatic carbocycles. The van der Waals surface area contributed by atoms with Crippen LogP contribution in [-0.4, -0.2) is 96.7 Å². The van der Waals surface area contributed by atoms with Gasteiger partial charge in [-0.2, -0.15) is 0 Å². The summed E-state index contributed by atoms with van der Waals surface area (Å²) in [5.41, 5.74) is 0. The highest BCUT2D eigenvalue weighted by molar-refractivity contribution is 7.47. The minimum Gasteiger partial charge on any atom is -0.462 e. The third kappa shape index (κ3) is 65.4. The second-order valence-electron chi connectivity index (χ2n) is 24.5. The quantitative estimate of drug-likeness (QED) is 0.0169. The Hall–Kier alpha value is -3.24. The molecule has 0 saturated carbocycles. The van der Waals surface area contributed by atoms with Crippen LogP contribution in [0.5, 0.6) is 0 Å². The molecule has 536 valence electrons. The van der Waals surface area contributed by atoms with Crippen molar-refractivity contribution in [1.82, 2.24) is 0 Å². The van der Waals surface area contributed by atoms with Crippen molar-refractivity contribution in [1.29, 1.82) is 0 Å². The molecule has 0 aliphatic heterocycles. The second-order valence-corrected chi connectivity index (χ2v) is 27.4. The summed E-state index contributed by atoms with van der Waals surface area (Å²) in [6.45, 7) is 4.70. The van der Waals surface area contributed by atoms with Crippen LogP contribution in [0.4, 0.5) is 0 Å². The van der Waals surface area contributed by atoms with E-state index in [4.69, 9.17) is 37.0 Å². The smallest absolute Gasteiger partial charge is 0.462 e. The van der Waals surface area contributed by atoms with E-state index in [2.05, 4.69) is 88.5 Å². The number of unbranched alkanes of at least 4 members (excludes halogenated alkanes) is 33. The van der Waals surface area contributed by atoms with Crippen molar-refractivity contribution in [3.8, 4) is 0 Å². The van der Waals surface area contributed by atoms with Gasteiger partial charge >= 0.3 is 39.5 Å². The number of ether oxygens (including phenoxy) is 4. The Bertz CT molecular complexity index is 1990. The predicted octanol–water partition coefficient (Wildman–Crippen LogP) is 20.3. The summed E-state index contributed by atoms with van der Waals surface area (Å²) in [6.07, 6.45) is 62.3. The summed E-state index contributed by atoms with van der Waals surface area (Å²) in [4.78, 5) is 72.6. The molecule has 3 N–H and O–H groups in total. The number of phosphoric ester groups is 2. The first-order valence-corrected chi connectivity index (χ1v) is 39.5. The van der Waals surface area contributed by atoms with E-state index in [1.807, 2.05) is 0 Å². The van der Waals surface area contributed by atoms with Crippen LogP contribution in [0.3, 0.4) is 0 Å². The zero-order valence-corrected chi connectivity index (χ0v) is 60.0. The van der Waals surface area contributed by atoms with Gasteiger partial charge in [-0.1, -0.05) is 255 Å². The lowest BCUT2D eigenvalue weighted by atomic mass is 10.1. The molecule has 0 heterocycles. The molecule has 0 fully saturated rings. The van der Waals surface area contributed by atoms with Crippen LogP contribution in [0.1, 0.15) is 323 Å². The van der Waals surface area contributed by atoms with Crippen LogP contribution in [0, 0.1) is 0 Å². The van der Waals surface area contributed by atoms with Crippen LogP contribution in [0.25, 0.3) is 0 Å². The fraction of sp³-hybridized carbons (Fsp3) is 0.808. The van der Waals surface area contributed by atoms with Crippen LogP contribution < -0.4 is 0 Å². The molecule has 0 saturated heterocycles. The second kappa shape index (κ2) is 66.4. The van der Waals surface area contributed by atoms with Gasteiger partial charge in [0.25, 0.3) is 0 Å². The Morgan fingerprint density at radius 3 is 0.913 bits per heavy atom. The molecule has 0 bridgehead atoms. The fourth-order valence-corrected chi connectivity index (χ4v) is 11.4. The van der Waals surface area contributed by atoms with E-state index >= 15 is 0 Å². The Morgan fingerprint density at radius 1 is 0.315 bits per heavy atom. The van der Waals surface area contributed by atoms with Gasteiger partial charge < -0.3 is 33.8 Å². The maximum absolute atomic E-state index is 13.0. The lowest BCUT2D eigenvalue weighted by Gasteiger charge is -2.21. The topological polar surface area (TPSA) is 237 Å².